The molecule has 1 aromatic rings. The van der Waals surface area contributed by atoms with E-state index >= 15 is 0 Å². The fourth-order valence-corrected chi connectivity index (χ4v) is 2.16. The van der Waals surface area contributed by atoms with Crippen LogP contribution in [0.2, 0.25) is 0 Å². The van der Waals surface area contributed by atoms with E-state index < -0.39 is 0 Å². The third kappa shape index (κ3) is 3.14. The van der Waals surface area contributed by atoms with Gasteiger partial charge in [0.05, 0.1) is 13.2 Å². The highest BCUT2D eigenvalue weighted by molar-refractivity contribution is 5.85. The highest BCUT2D eigenvalue weighted by Gasteiger charge is 2.30. The minimum atomic E-state index is -0.386. The van der Waals surface area contributed by atoms with E-state index in [0.717, 1.165) is 0 Å². The summed E-state index contributed by atoms with van der Waals surface area (Å²) in [6.07, 6.45) is 0. The molecule has 8 heteroatoms. The number of aromatic nitrogens is 2. The average molecular weight is 280 g/mol. The zero-order valence-corrected chi connectivity index (χ0v) is 11.7. The van der Waals surface area contributed by atoms with Crippen molar-refractivity contribution in [1.29, 1.82) is 0 Å². The monoisotopic (exact) mass is 280 g/mol. The summed E-state index contributed by atoms with van der Waals surface area (Å²) in [4.78, 5) is 22.6. The van der Waals surface area contributed by atoms with E-state index in [0.29, 0.717) is 43.8 Å². The van der Waals surface area contributed by atoms with Crippen LogP contribution in [0.25, 0.3) is 0 Å². The molecule has 0 radical (unpaired) electrons. The number of nitrogens with zero attached hydrogens (tertiary/aromatic N) is 3. The molecule has 0 spiro atoms. The van der Waals surface area contributed by atoms with Gasteiger partial charge in [-0.2, -0.15) is 0 Å². The summed E-state index contributed by atoms with van der Waals surface area (Å²) in [5.41, 5.74) is 2.51. The van der Waals surface area contributed by atoms with Gasteiger partial charge < -0.3 is 20.4 Å². The van der Waals surface area contributed by atoms with Crippen LogP contribution in [-0.2, 0) is 9.53 Å². The van der Waals surface area contributed by atoms with Crippen LogP contribution in [0.4, 0.5) is 11.6 Å². The third-order valence-corrected chi connectivity index (χ3v) is 3.05. The molecule has 8 nitrogen and oxygen atoms in total. The van der Waals surface area contributed by atoms with E-state index in [1.54, 1.807) is 13.0 Å². The van der Waals surface area contributed by atoms with Crippen molar-refractivity contribution in [2.45, 2.75) is 19.9 Å². The molecule has 1 aromatic heterocycles. The highest BCUT2D eigenvalue weighted by atomic mass is 16.5. The summed E-state index contributed by atoms with van der Waals surface area (Å²) in [6.45, 7) is 5.76. The first-order chi connectivity index (χ1) is 9.65. The van der Waals surface area contributed by atoms with E-state index in [9.17, 15) is 4.79 Å². The minimum absolute atomic E-state index is 0.0641. The van der Waals surface area contributed by atoms with Crippen molar-refractivity contribution in [2.24, 2.45) is 5.84 Å². The summed E-state index contributed by atoms with van der Waals surface area (Å²) in [5.74, 6) is 7.12. The third-order valence-electron chi connectivity index (χ3n) is 3.05. The van der Waals surface area contributed by atoms with Gasteiger partial charge in [0.1, 0.15) is 23.5 Å². The molecule has 0 saturated carbocycles. The number of nitrogen functional groups attached to an aromatic ring is 1. The summed E-state index contributed by atoms with van der Waals surface area (Å²) in [7, 11) is 0. The predicted molar refractivity (Wildman–Crippen MR) is 75.2 cm³/mol. The quantitative estimate of drug-likeness (QED) is 0.500. The number of hydrogen-bond acceptors (Lipinski definition) is 7. The van der Waals surface area contributed by atoms with Gasteiger partial charge in [-0.25, -0.2) is 15.8 Å². The topological polar surface area (TPSA) is 105 Å². The van der Waals surface area contributed by atoms with Gasteiger partial charge in [-0.1, -0.05) is 0 Å². The van der Waals surface area contributed by atoms with Gasteiger partial charge in [-0.05, 0) is 13.8 Å². The Morgan fingerprint density at radius 2 is 2.40 bits per heavy atom. The van der Waals surface area contributed by atoms with Crippen LogP contribution in [0.1, 0.15) is 12.7 Å². The van der Waals surface area contributed by atoms with Gasteiger partial charge >= 0.3 is 0 Å². The Morgan fingerprint density at radius 3 is 3.10 bits per heavy atom. The van der Waals surface area contributed by atoms with Crippen LogP contribution >= 0.6 is 0 Å². The van der Waals surface area contributed by atoms with Crippen LogP contribution in [0.3, 0.4) is 0 Å². The normalized spacial score (nSPS) is 18.8. The van der Waals surface area contributed by atoms with E-state index in [2.05, 4.69) is 20.7 Å². The number of morpholine rings is 1. The molecule has 110 valence electrons. The fraction of sp³-hybridized carbons (Fsp3) is 0.583. The Hall–Kier alpha value is -1.93. The molecule has 1 aliphatic rings. The number of hydrazine groups is 1. The Labute approximate surface area is 117 Å². The van der Waals surface area contributed by atoms with E-state index in [1.807, 2.05) is 11.8 Å². The standard InChI is InChI=1S/C12H20N6O2/c1-3-14-12(19)9-7-20-5-4-18(9)11-6-10(17-13)15-8(2)16-11/h6,9H,3-5,7,13H2,1-2H3,(H,14,19)(H,15,16,17). The molecule has 4 N–H and O–H groups in total. The van der Waals surface area contributed by atoms with E-state index in [4.69, 9.17) is 10.6 Å². The number of carbonyl (C=O) groups is 1. The van der Waals surface area contributed by atoms with Gasteiger partial charge in [0, 0.05) is 19.2 Å². The number of likely N-dealkylation sites (N-methyl/N-ethyl adjacent to an activating group) is 1. The number of ether oxygens (including phenoxy) is 1. The number of carbonyl (C=O) groups excluding carboxylic acids is 1. The lowest BCUT2D eigenvalue weighted by molar-refractivity contribution is -0.124. The van der Waals surface area contributed by atoms with Crippen LogP contribution in [0.15, 0.2) is 6.07 Å². The molecule has 1 unspecified atom stereocenters. The molecule has 0 aliphatic carbocycles. The summed E-state index contributed by atoms with van der Waals surface area (Å²) in [5, 5.41) is 2.81. The number of nitrogens with one attached hydrogen (secondary N) is 2. The maximum atomic E-state index is 12.1. The summed E-state index contributed by atoms with van der Waals surface area (Å²) in [6, 6.07) is 1.34. The molecule has 1 atom stereocenters. The van der Waals surface area contributed by atoms with Gasteiger partial charge in [-0.15, -0.1) is 0 Å². The first kappa shape index (κ1) is 14.5. The van der Waals surface area contributed by atoms with Crippen molar-refractivity contribution in [2.75, 3.05) is 36.6 Å². The Balaban J connectivity index is 2.27. The van der Waals surface area contributed by atoms with Gasteiger partial charge in [0.15, 0.2) is 0 Å². The maximum Gasteiger partial charge on any atom is 0.245 e. The maximum absolute atomic E-state index is 12.1. The Kier molecular flexibility index (Phi) is 4.70. The van der Waals surface area contributed by atoms with Crippen molar-refractivity contribution in [1.82, 2.24) is 15.3 Å². The molecule has 0 aromatic carbocycles. The van der Waals surface area contributed by atoms with Crippen LogP contribution < -0.4 is 21.5 Å². The first-order valence-corrected chi connectivity index (χ1v) is 6.60. The lowest BCUT2D eigenvalue weighted by Gasteiger charge is -2.35. The fourth-order valence-electron chi connectivity index (χ4n) is 2.16. The molecule has 0 bridgehead atoms. The van der Waals surface area contributed by atoms with Crippen molar-refractivity contribution in [3.05, 3.63) is 11.9 Å². The first-order valence-electron chi connectivity index (χ1n) is 6.60. The minimum Gasteiger partial charge on any atom is -0.377 e. The second-order valence-electron chi connectivity index (χ2n) is 4.48. The molecule has 1 amide bonds. The molecule has 1 fully saturated rings. The molecule has 1 saturated heterocycles. The van der Waals surface area contributed by atoms with Crippen molar-refractivity contribution in [3.8, 4) is 0 Å². The number of amides is 1. The van der Waals surface area contributed by atoms with E-state index in [1.165, 1.54) is 0 Å². The Morgan fingerprint density at radius 1 is 1.60 bits per heavy atom. The van der Waals surface area contributed by atoms with Crippen molar-refractivity contribution in [3.63, 3.8) is 0 Å². The molecule has 20 heavy (non-hydrogen) atoms. The van der Waals surface area contributed by atoms with Gasteiger partial charge in [0.25, 0.3) is 0 Å². The SMILES string of the molecule is CCNC(=O)C1COCCN1c1cc(NN)nc(C)n1. The summed E-state index contributed by atoms with van der Waals surface area (Å²) < 4.78 is 5.40. The average Bonchev–Trinajstić information content (AvgIpc) is 2.46. The number of nitrogens with two attached hydrogens (primary N) is 1. The van der Waals surface area contributed by atoms with Gasteiger partial charge in [0.2, 0.25) is 5.91 Å². The molecular weight excluding hydrogens is 260 g/mol. The smallest absolute Gasteiger partial charge is 0.245 e. The number of hydrogen-bond donors (Lipinski definition) is 3. The van der Waals surface area contributed by atoms with Crippen molar-refractivity contribution < 1.29 is 9.53 Å². The second-order valence-corrected chi connectivity index (χ2v) is 4.48. The molecule has 2 rings (SSSR count). The lowest BCUT2D eigenvalue weighted by Crippen LogP contribution is -2.54. The molecular formula is C12H20N6O2. The largest absolute Gasteiger partial charge is 0.377 e. The zero-order valence-electron chi connectivity index (χ0n) is 11.7. The Bertz CT molecular complexity index is 481. The predicted octanol–water partition coefficient (Wildman–Crippen LogP) is -0.588. The molecule has 2 heterocycles. The number of aryl methyl sites for hydroxylation is 1. The van der Waals surface area contributed by atoms with E-state index in [-0.39, 0.29) is 11.9 Å². The lowest BCUT2D eigenvalue weighted by atomic mass is 10.2. The second kappa shape index (κ2) is 6.49. The van der Waals surface area contributed by atoms with Crippen LogP contribution in [-0.4, -0.2) is 48.2 Å². The number of rotatable bonds is 4. The molecule has 1 aliphatic heterocycles. The van der Waals surface area contributed by atoms with Gasteiger partial charge in [-0.3, -0.25) is 4.79 Å². The van der Waals surface area contributed by atoms with Crippen LogP contribution in [0, 0.1) is 6.92 Å². The number of anilines is 2. The van der Waals surface area contributed by atoms with Crippen molar-refractivity contribution >= 4 is 17.5 Å². The summed E-state index contributed by atoms with van der Waals surface area (Å²) >= 11 is 0. The van der Waals surface area contributed by atoms with Crippen LogP contribution in [0.5, 0.6) is 0 Å². The highest BCUT2D eigenvalue weighted by Crippen LogP contribution is 2.20. The zero-order chi connectivity index (χ0) is 14.5.